The smallest absolute Gasteiger partial charge is 0.303 e. The number of esters is 1. The van der Waals surface area contributed by atoms with Crippen LogP contribution >= 0.6 is 0 Å². The monoisotopic (exact) mass is 386 g/mol. The Labute approximate surface area is 168 Å². The molecule has 0 aromatic heterocycles. The number of allylic oxidation sites excluding steroid dienone is 1. The van der Waals surface area contributed by atoms with E-state index in [2.05, 4.69) is 20.8 Å². The minimum Gasteiger partial charge on any atom is -0.451 e. The number of ketones is 2. The molecule has 154 valence electrons. The van der Waals surface area contributed by atoms with Gasteiger partial charge >= 0.3 is 5.97 Å². The van der Waals surface area contributed by atoms with Gasteiger partial charge in [-0.2, -0.15) is 0 Å². The highest BCUT2D eigenvalue weighted by molar-refractivity contribution is 5.92. The summed E-state index contributed by atoms with van der Waals surface area (Å²) in [6, 6.07) is 0. The maximum Gasteiger partial charge on any atom is 0.303 e. The maximum absolute atomic E-state index is 12.8. The quantitative estimate of drug-likeness (QED) is 0.648. The third-order valence-electron chi connectivity index (χ3n) is 9.29. The highest BCUT2D eigenvalue weighted by Gasteiger charge is 2.68. The second-order valence-electron chi connectivity index (χ2n) is 10.5. The standard InChI is InChI=1S/C24H34O4/c1-14-12-18-19(22(4)9-6-17(27)13-21(14)22)7-10-23(5)20(18)8-11-24(23,15(2)25)28-16(3)26/h13-14,18-20H,6-12H2,1-5H3/t14?,18-,19-,20-,22+,23-,24+/m0/s1. The molecule has 7 atom stereocenters. The van der Waals surface area contributed by atoms with Crippen molar-refractivity contribution in [3.05, 3.63) is 11.6 Å². The number of hydrogen-bond donors (Lipinski definition) is 0. The molecule has 0 aromatic rings. The highest BCUT2D eigenvalue weighted by atomic mass is 16.6. The van der Waals surface area contributed by atoms with Gasteiger partial charge in [0, 0.05) is 18.8 Å². The molecule has 3 saturated carbocycles. The van der Waals surface area contributed by atoms with Crippen LogP contribution in [-0.4, -0.2) is 23.1 Å². The molecule has 4 aliphatic carbocycles. The van der Waals surface area contributed by atoms with Crippen molar-refractivity contribution in [3.8, 4) is 0 Å². The Balaban J connectivity index is 1.73. The van der Waals surface area contributed by atoms with Gasteiger partial charge in [-0.05, 0) is 80.6 Å². The van der Waals surface area contributed by atoms with Crippen molar-refractivity contribution in [3.63, 3.8) is 0 Å². The lowest BCUT2D eigenvalue weighted by molar-refractivity contribution is -0.187. The summed E-state index contributed by atoms with van der Waals surface area (Å²) in [5.74, 6) is 1.82. The molecule has 0 aromatic carbocycles. The highest BCUT2D eigenvalue weighted by Crippen LogP contribution is 2.69. The first-order valence-electron chi connectivity index (χ1n) is 11.0. The summed E-state index contributed by atoms with van der Waals surface area (Å²) in [4.78, 5) is 36.8. The van der Waals surface area contributed by atoms with E-state index in [1.54, 1.807) is 6.92 Å². The summed E-state index contributed by atoms with van der Waals surface area (Å²) in [5, 5.41) is 0. The zero-order valence-corrected chi connectivity index (χ0v) is 18.0. The number of ether oxygens (including phenoxy) is 1. The molecule has 0 bridgehead atoms. The molecular weight excluding hydrogens is 352 g/mol. The number of carbonyl (C=O) groups excluding carboxylic acids is 3. The van der Waals surface area contributed by atoms with E-state index < -0.39 is 5.60 Å². The number of hydrogen-bond acceptors (Lipinski definition) is 4. The summed E-state index contributed by atoms with van der Waals surface area (Å²) in [6.45, 7) is 9.87. The summed E-state index contributed by atoms with van der Waals surface area (Å²) in [7, 11) is 0. The van der Waals surface area contributed by atoms with E-state index in [9.17, 15) is 14.4 Å². The van der Waals surface area contributed by atoms with Crippen molar-refractivity contribution in [2.75, 3.05) is 0 Å². The predicted octanol–water partition coefficient (Wildman–Crippen LogP) is 4.66. The first kappa shape index (κ1) is 19.8. The Kier molecular flexibility index (Phi) is 4.45. The van der Waals surface area contributed by atoms with Gasteiger partial charge in [0.25, 0.3) is 0 Å². The normalized spacial score (nSPS) is 47.5. The molecule has 0 aliphatic heterocycles. The van der Waals surface area contributed by atoms with Crippen LogP contribution in [-0.2, 0) is 19.1 Å². The second-order valence-corrected chi connectivity index (χ2v) is 10.5. The fourth-order valence-electron chi connectivity index (χ4n) is 8.05. The maximum atomic E-state index is 12.8. The number of carbonyl (C=O) groups is 3. The van der Waals surface area contributed by atoms with Crippen molar-refractivity contribution in [1.82, 2.24) is 0 Å². The largest absolute Gasteiger partial charge is 0.451 e. The predicted molar refractivity (Wildman–Crippen MR) is 106 cm³/mol. The molecule has 0 radical (unpaired) electrons. The first-order chi connectivity index (χ1) is 13.0. The molecule has 4 aliphatic rings. The van der Waals surface area contributed by atoms with Gasteiger partial charge < -0.3 is 4.74 Å². The summed E-state index contributed by atoms with van der Waals surface area (Å²) in [6.07, 6.45) is 8.19. The topological polar surface area (TPSA) is 60.4 Å². The van der Waals surface area contributed by atoms with E-state index >= 15 is 0 Å². The molecule has 1 unspecified atom stereocenters. The average molecular weight is 387 g/mol. The van der Waals surface area contributed by atoms with Crippen molar-refractivity contribution >= 4 is 17.5 Å². The lowest BCUT2D eigenvalue weighted by atomic mass is 9.44. The zero-order chi connectivity index (χ0) is 20.5. The molecule has 4 rings (SSSR count). The van der Waals surface area contributed by atoms with Crippen LogP contribution in [0.25, 0.3) is 0 Å². The number of rotatable bonds is 2. The fourth-order valence-corrected chi connectivity index (χ4v) is 8.05. The average Bonchev–Trinajstić information content (AvgIpc) is 2.90. The summed E-state index contributed by atoms with van der Waals surface area (Å²) in [5.41, 5.74) is 0.218. The molecule has 28 heavy (non-hydrogen) atoms. The Hall–Kier alpha value is -1.45. The molecule has 0 heterocycles. The lowest BCUT2D eigenvalue weighted by Gasteiger charge is -2.60. The van der Waals surface area contributed by atoms with E-state index in [0.29, 0.717) is 36.5 Å². The van der Waals surface area contributed by atoms with Crippen molar-refractivity contribution in [1.29, 1.82) is 0 Å². The Morgan fingerprint density at radius 1 is 1.07 bits per heavy atom. The van der Waals surface area contributed by atoms with Gasteiger partial charge in [-0.1, -0.05) is 26.3 Å². The molecule has 3 fully saturated rings. The lowest BCUT2D eigenvalue weighted by Crippen LogP contribution is -2.59. The Bertz CT molecular complexity index is 767. The van der Waals surface area contributed by atoms with Crippen molar-refractivity contribution < 1.29 is 19.1 Å². The van der Waals surface area contributed by atoms with Gasteiger partial charge in [0.2, 0.25) is 0 Å². The van der Waals surface area contributed by atoms with Gasteiger partial charge in [-0.15, -0.1) is 0 Å². The van der Waals surface area contributed by atoms with E-state index in [-0.39, 0.29) is 28.4 Å². The van der Waals surface area contributed by atoms with Crippen molar-refractivity contribution in [2.45, 2.75) is 85.2 Å². The van der Waals surface area contributed by atoms with Crippen LogP contribution in [0.5, 0.6) is 0 Å². The Morgan fingerprint density at radius 2 is 1.75 bits per heavy atom. The fraction of sp³-hybridized carbons (Fsp3) is 0.792. The van der Waals surface area contributed by atoms with Crippen LogP contribution in [0, 0.1) is 34.5 Å². The third-order valence-corrected chi connectivity index (χ3v) is 9.29. The van der Waals surface area contributed by atoms with Gasteiger partial charge in [-0.3, -0.25) is 14.4 Å². The van der Waals surface area contributed by atoms with Gasteiger partial charge in [0.1, 0.15) is 0 Å². The zero-order valence-electron chi connectivity index (χ0n) is 18.0. The number of fused-ring (bicyclic) bond motifs is 5. The van der Waals surface area contributed by atoms with Crippen LogP contribution in [0.2, 0.25) is 0 Å². The molecule has 0 saturated heterocycles. The van der Waals surface area contributed by atoms with Crippen LogP contribution < -0.4 is 0 Å². The molecule has 0 amide bonds. The van der Waals surface area contributed by atoms with E-state index in [4.69, 9.17) is 4.74 Å². The second kappa shape index (κ2) is 6.27. The van der Waals surface area contributed by atoms with E-state index in [1.807, 2.05) is 6.08 Å². The third kappa shape index (κ3) is 2.45. The van der Waals surface area contributed by atoms with Crippen LogP contribution in [0.15, 0.2) is 11.6 Å². The summed E-state index contributed by atoms with van der Waals surface area (Å²) >= 11 is 0. The molecule has 0 spiro atoms. The van der Waals surface area contributed by atoms with Crippen LogP contribution in [0.1, 0.15) is 79.6 Å². The van der Waals surface area contributed by atoms with Crippen LogP contribution in [0.4, 0.5) is 0 Å². The van der Waals surface area contributed by atoms with Gasteiger partial charge in [0.15, 0.2) is 17.2 Å². The molecular formula is C24H34O4. The first-order valence-corrected chi connectivity index (χ1v) is 11.0. The van der Waals surface area contributed by atoms with Crippen LogP contribution in [0.3, 0.4) is 0 Å². The minimum absolute atomic E-state index is 0.00469. The summed E-state index contributed by atoms with van der Waals surface area (Å²) < 4.78 is 5.84. The van der Waals surface area contributed by atoms with E-state index in [0.717, 1.165) is 32.1 Å². The van der Waals surface area contributed by atoms with Crippen molar-refractivity contribution in [2.24, 2.45) is 34.5 Å². The van der Waals surface area contributed by atoms with Gasteiger partial charge in [-0.25, -0.2) is 0 Å². The Morgan fingerprint density at radius 3 is 2.39 bits per heavy atom. The molecule has 0 N–H and O–H groups in total. The van der Waals surface area contributed by atoms with Gasteiger partial charge in [0.05, 0.1) is 0 Å². The number of Topliss-reactive ketones (excluding diaryl/α,β-unsaturated/α-hetero) is 1. The SMILES string of the molecule is CC(=O)O[C@@]1(C(C)=O)CC[C@H]2[C@H]3CC(C)C4=CC(=O)CC[C@]4(C)[C@H]3CC[C@@]21C. The van der Waals surface area contributed by atoms with E-state index in [1.165, 1.54) is 12.5 Å². The minimum atomic E-state index is -0.961. The molecule has 4 nitrogen and oxygen atoms in total. The molecule has 4 heteroatoms.